The first-order valence-corrected chi connectivity index (χ1v) is 8.17. The summed E-state index contributed by atoms with van der Waals surface area (Å²) in [6, 6.07) is 0. The molecule has 0 aromatic carbocycles. The lowest BCUT2D eigenvalue weighted by atomic mass is 9.97. The molecule has 0 aromatic heterocycles. The number of piperidine rings is 1. The number of nitrogens with zero attached hydrogens (tertiary/aromatic N) is 1. The summed E-state index contributed by atoms with van der Waals surface area (Å²) in [4.78, 5) is 0. The van der Waals surface area contributed by atoms with E-state index in [0.29, 0.717) is 31.8 Å². The molecule has 0 saturated carbocycles. The zero-order valence-electron chi connectivity index (χ0n) is 11.6. The van der Waals surface area contributed by atoms with Gasteiger partial charge in [0, 0.05) is 25.2 Å². The lowest BCUT2D eigenvalue weighted by Gasteiger charge is -2.35. The lowest BCUT2D eigenvalue weighted by Crippen LogP contribution is -2.53. The number of hydrogen-bond donors (Lipinski definition) is 2. The number of nitrogens with one attached hydrogen (secondary N) is 1. The summed E-state index contributed by atoms with van der Waals surface area (Å²) in [5.41, 5.74) is -0.561. The Morgan fingerprint density at radius 2 is 2.17 bits per heavy atom. The maximum Gasteiger partial charge on any atom is 0.279 e. The molecule has 1 rings (SSSR count). The van der Waals surface area contributed by atoms with Gasteiger partial charge in [-0.05, 0) is 38.5 Å². The summed E-state index contributed by atoms with van der Waals surface area (Å²) in [5.74, 6) is 0.418. The van der Waals surface area contributed by atoms with Gasteiger partial charge in [-0.1, -0.05) is 13.8 Å². The lowest BCUT2D eigenvalue weighted by molar-refractivity contribution is 0.225. The first kappa shape index (κ1) is 15.9. The van der Waals surface area contributed by atoms with Crippen LogP contribution in [0.3, 0.4) is 0 Å². The van der Waals surface area contributed by atoms with Crippen LogP contribution < -0.4 is 4.72 Å². The van der Waals surface area contributed by atoms with Gasteiger partial charge in [0.05, 0.1) is 0 Å². The minimum Gasteiger partial charge on any atom is -0.396 e. The standard InChI is InChI=1S/C12H26N2O3S/c1-4-12(3,7-9-15)13-18(16,17)14-8-5-6-11(2)10-14/h11,13,15H,4-10H2,1-3H3. The van der Waals surface area contributed by atoms with Gasteiger partial charge in [0.2, 0.25) is 0 Å². The van der Waals surface area contributed by atoms with Crippen LogP contribution in [0.5, 0.6) is 0 Å². The summed E-state index contributed by atoms with van der Waals surface area (Å²) < 4.78 is 28.9. The second-order valence-corrected chi connectivity index (χ2v) is 7.27. The highest BCUT2D eigenvalue weighted by Crippen LogP contribution is 2.21. The van der Waals surface area contributed by atoms with Gasteiger partial charge < -0.3 is 5.11 Å². The fraction of sp³-hybridized carbons (Fsp3) is 1.00. The van der Waals surface area contributed by atoms with Gasteiger partial charge in [-0.3, -0.25) is 0 Å². The highest BCUT2D eigenvalue weighted by molar-refractivity contribution is 7.87. The molecule has 0 aromatic rings. The van der Waals surface area contributed by atoms with E-state index in [1.165, 1.54) is 4.31 Å². The van der Waals surface area contributed by atoms with Crippen molar-refractivity contribution in [2.45, 2.75) is 52.0 Å². The van der Waals surface area contributed by atoms with Crippen molar-refractivity contribution < 1.29 is 13.5 Å². The van der Waals surface area contributed by atoms with E-state index in [1.54, 1.807) is 0 Å². The van der Waals surface area contributed by atoms with Crippen LogP contribution in [0.1, 0.15) is 46.5 Å². The Kier molecular flexibility index (Phi) is 5.58. The van der Waals surface area contributed by atoms with Crippen molar-refractivity contribution >= 4 is 10.2 Å². The highest BCUT2D eigenvalue weighted by Gasteiger charge is 2.33. The van der Waals surface area contributed by atoms with Crippen molar-refractivity contribution in [3.63, 3.8) is 0 Å². The van der Waals surface area contributed by atoms with Crippen LogP contribution in [0.4, 0.5) is 0 Å². The number of aliphatic hydroxyl groups excluding tert-OH is 1. The van der Waals surface area contributed by atoms with E-state index in [9.17, 15) is 8.42 Å². The number of rotatable bonds is 6. The van der Waals surface area contributed by atoms with Crippen LogP contribution in [0.2, 0.25) is 0 Å². The molecule has 0 amide bonds. The summed E-state index contributed by atoms with van der Waals surface area (Å²) >= 11 is 0. The Hall–Kier alpha value is -0.170. The van der Waals surface area contributed by atoms with Gasteiger partial charge in [-0.25, -0.2) is 0 Å². The van der Waals surface area contributed by atoms with Crippen molar-refractivity contribution in [3.05, 3.63) is 0 Å². The quantitative estimate of drug-likeness (QED) is 0.764. The number of hydrogen-bond acceptors (Lipinski definition) is 3. The molecule has 1 saturated heterocycles. The molecule has 18 heavy (non-hydrogen) atoms. The summed E-state index contributed by atoms with van der Waals surface area (Å²) in [6.45, 7) is 7.02. The van der Waals surface area contributed by atoms with Crippen molar-refractivity contribution in [2.75, 3.05) is 19.7 Å². The van der Waals surface area contributed by atoms with E-state index in [0.717, 1.165) is 12.8 Å². The van der Waals surface area contributed by atoms with Crippen LogP contribution in [0.15, 0.2) is 0 Å². The highest BCUT2D eigenvalue weighted by atomic mass is 32.2. The Balaban J connectivity index is 2.73. The predicted molar refractivity (Wildman–Crippen MR) is 72.4 cm³/mol. The Morgan fingerprint density at radius 3 is 2.67 bits per heavy atom. The average Bonchev–Trinajstić information content (AvgIpc) is 2.28. The van der Waals surface area contributed by atoms with Crippen molar-refractivity contribution in [1.82, 2.24) is 9.03 Å². The van der Waals surface area contributed by atoms with Gasteiger partial charge in [0.25, 0.3) is 10.2 Å². The van der Waals surface area contributed by atoms with Gasteiger partial charge in [0.1, 0.15) is 0 Å². The minimum atomic E-state index is -3.44. The fourth-order valence-electron chi connectivity index (χ4n) is 2.29. The Morgan fingerprint density at radius 1 is 1.50 bits per heavy atom. The van der Waals surface area contributed by atoms with Crippen LogP contribution in [-0.4, -0.2) is 43.1 Å². The molecule has 1 fully saturated rings. The van der Waals surface area contributed by atoms with Crippen LogP contribution in [0.25, 0.3) is 0 Å². The van der Waals surface area contributed by atoms with E-state index in [-0.39, 0.29) is 6.61 Å². The van der Waals surface area contributed by atoms with Crippen molar-refractivity contribution in [2.24, 2.45) is 5.92 Å². The summed E-state index contributed by atoms with van der Waals surface area (Å²) in [7, 11) is -3.44. The largest absolute Gasteiger partial charge is 0.396 e. The van der Waals surface area contributed by atoms with E-state index < -0.39 is 15.7 Å². The Bertz CT molecular complexity index is 358. The molecule has 108 valence electrons. The molecule has 5 nitrogen and oxygen atoms in total. The van der Waals surface area contributed by atoms with Gasteiger partial charge >= 0.3 is 0 Å². The maximum atomic E-state index is 12.3. The molecule has 2 N–H and O–H groups in total. The fourth-order valence-corrected chi connectivity index (χ4v) is 4.11. The van der Waals surface area contributed by atoms with E-state index in [4.69, 9.17) is 5.11 Å². The summed E-state index contributed by atoms with van der Waals surface area (Å²) in [6.07, 6.45) is 3.11. The molecule has 0 aliphatic carbocycles. The van der Waals surface area contributed by atoms with Crippen molar-refractivity contribution in [1.29, 1.82) is 0 Å². The Labute approximate surface area is 111 Å². The van der Waals surface area contributed by atoms with Gasteiger partial charge in [-0.15, -0.1) is 0 Å². The molecule has 6 heteroatoms. The van der Waals surface area contributed by atoms with E-state index in [2.05, 4.69) is 11.6 Å². The van der Waals surface area contributed by atoms with Gasteiger partial charge in [-0.2, -0.15) is 17.4 Å². The third-order valence-corrected chi connectivity index (χ3v) is 5.54. The second-order valence-electron chi connectivity index (χ2n) is 5.60. The second kappa shape index (κ2) is 6.32. The molecular formula is C12H26N2O3S. The topological polar surface area (TPSA) is 69.6 Å². The van der Waals surface area contributed by atoms with E-state index >= 15 is 0 Å². The SMILES string of the molecule is CCC(C)(CCO)NS(=O)(=O)N1CCCC(C)C1. The van der Waals surface area contributed by atoms with Crippen LogP contribution >= 0.6 is 0 Å². The normalized spacial score (nSPS) is 25.9. The number of aliphatic hydroxyl groups is 1. The molecule has 2 atom stereocenters. The third kappa shape index (κ3) is 4.19. The zero-order chi connectivity index (χ0) is 13.8. The summed E-state index contributed by atoms with van der Waals surface area (Å²) in [5, 5.41) is 9.03. The van der Waals surface area contributed by atoms with Crippen LogP contribution in [0, 0.1) is 5.92 Å². The minimum absolute atomic E-state index is 0.0107. The molecule has 1 heterocycles. The molecule has 0 radical (unpaired) electrons. The first-order chi connectivity index (χ1) is 8.33. The predicted octanol–water partition coefficient (Wildman–Crippen LogP) is 1.10. The monoisotopic (exact) mass is 278 g/mol. The smallest absolute Gasteiger partial charge is 0.279 e. The molecule has 1 aliphatic rings. The first-order valence-electron chi connectivity index (χ1n) is 6.73. The molecule has 1 aliphatic heterocycles. The van der Waals surface area contributed by atoms with E-state index in [1.807, 2.05) is 13.8 Å². The zero-order valence-corrected chi connectivity index (χ0v) is 12.5. The third-order valence-electron chi connectivity index (χ3n) is 3.78. The molecule has 0 bridgehead atoms. The molecule has 0 spiro atoms. The average molecular weight is 278 g/mol. The molecule has 2 unspecified atom stereocenters. The van der Waals surface area contributed by atoms with Gasteiger partial charge in [0.15, 0.2) is 0 Å². The van der Waals surface area contributed by atoms with Crippen LogP contribution in [-0.2, 0) is 10.2 Å². The molecular weight excluding hydrogens is 252 g/mol. The van der Waals surface area contributed by atoms with Crippen molar-refractivity contribution in [3.8, 4) is 0 Å². The maximum absolute atomic E-state index is 12.3.